The second-order valence-corrected chi connectivity index (χ2v) is 9.22. The Labute approximate surface area is 210 Å². The van der Waals surface area contributed by atoms with Crippen molar-refractivity contribution in [1.82, 2.24) is 5.01 Å². The summed E-state index contributed by atoms with van der Waals surface area (Å²) in [5, 5.41) is 14.7. The van der Waals surface area contributed by atoms with E-state index in [2.05, 4.69) is 29.9 Å². The van der Waals surface area contributed by atoms with Crippen molar-refractivity contribution in [2.24, 2.45) is 28.8 Å². The van der Waals surface area contributed by atoms with Crippen LogP contribution < -0.4 is 9.47 Å². The Bertz CT molecular complexity index is 1290. The Morgan fingerprint density at radius 2 is 1.83 bits per heavy atom. The van der Waals surface area contributed by atoms with Crippen LogP contribution in [0.5, 0.6) is 11.5 Å². The first kappa shape index (κ1) is 23.6. The number of allylic oxidation sites excluding steroid dienone is 3. The lowest BCUT2D eigenvalue weighted by Crippen LogP contribution is -2.28. The summed E-state index contributed by atoms with van der Waals surface area (Å²) in [7, 11) is 0. The van der Waals surface area contributed by atoms with Crippen molar-refractivity contribution in [3.63, 3.8) is 0 Å². The van der Waals surface area contributed by atoms with Gasteiger partial charge in [0.25, 0.3) is 11.8 Å². The number of benzene rings is 2. The van der Waals surface area contributed by atoms with Crippen LogP contribution in [0.25, 0.3) is 0 Å². The highest BCUT2D eigenvalue weighted by atomic mass is 16.5. The minimum absolute atomic E-state index is 0.142. The lowest BCUT2D eigenvalue weighted by molar-refractivity contribution is -0.140. The second kappa shape index (κ2) is 9.82. The average molecular weight is 482 g/mol. The van der Waals surface area contributed by atoms with Crippen molar-refractivity contribution in [2.75, 3.05) is 6.61 Å². The molecule has 7 nitrogen and oxygen atoms in total. The summed E-state index contributed by atoms with van der Waals surface area (Å²) in [4.78, 5) is 25.9. The predicted octanol–water partition coefficient (Wildman–Crippen LogP) is 4.41. The van der Waals surface area contributed by atoms with Gasteiger partial charge >= 0.3 is 0 Å². The highest BCUT2D eigenvalue weighted by molar-refractivity contribution is 6.06. The fourth-order valence-electron chi connectivity index (χ4n) is 5.52. The molecule has 2 amide bonds. The van der Waals surface area contributed by atoms with Crippen molar-refractivity contribution in [2.45, 2.75) is 26.4 Å². The molecule has 4 atom stereocenters. The normalized spacial score (nSPS) is 23.8. The fourth-order valence-corrected chi connectivity index (χ4v) is 5.52. The van der Waals surface area contributed by atoms with E-state index in [1.54, 1.807) is 18.2 Å². The van der Waals surface area contributed by atoms with Gasteiger partial charge in [-0.15, -0.1) is 6.58 Å². The molecule has 36 heavy (non-hydrogen) atoms. The third-order valence-corrected chi connectivity index (χ3v) is 7.10. The van der Waals surface area contributed by atoms with Crippen LogP contribution in [0.2, 0.25) is 0 Å². The van der Waals surface area contributed by atoms with Crippen LogP contribution in [0, 0.1) is 35.0 Å². The van der Waals surface area contributed by atoms with E-state index in [0.29, 0.717) is 35.7 Å². The van der Waals surface area contributed by atoms with Gasteiger partial charge in [0, 0.05) is 11.1 Å². The molecule has 7 heteroatoms. The number of fused-ring (bicyclic) bond motifs is 5. The Balaban J connectivity index is 1.41. The topological polar surface area (TPSA) is 92.0 Å². The van der Waals surface area contributed by atoms with Gasteiger partial charge in [0.05, 0.1) is 36.3 Å². The maximum absolute atomic E-state index is 13.0. The molecule has 1 saturated heterocycles. The van der Waals surface area contributed by atoms with E-state index in [-0.39, 0.29) is 42.1 Å². The third-order valence-electron chi connectivity index (χ3n) is 7.10. The molecule has 0 aromatic heterocycles. The van der Waals surface area contributed by atoms with Crippen LogP contribution in [0.15, 0.2) is 66.3 Å². The van der Waals surface area contributed by atoms with E-state index in [4.69, 9.17) is 9.47 Å². The molecule has 1 heterocycles. The molecule has 2 aliphatic carbocycles. The summed E-state index contributed by atoms with van der Waals surface area (Å²) >= 11 is 0. The van der Waals surface area contributed by atoms with E-state index in [1.807, 2.05) is 31.2 Å². The van der Waals surface area contributed by atoms with Crippen LogP contribution in [-0.4, -0.2) is 29.6 Å². The van der Waals surface area contributed by atoms with Gasteiger partial charge in [-0.3, -0.25) is 9.59 Å². The Morgan fingerprint density at radius 1 is 1.11 bits per heavy atom. The molecule has 2 aromatic rings. The number of hydrazone groups is 1. The van der Waals surface area contributed by atoms with Crippen LogP contribution in [0.3, 0.4) is 0 Å². The summed E-state index contributed by atoms with van der Waals surface area (Å²) in [6.45, 7) is 6.36. The minimum atomic E-state index is -0.285. The Kier molecular flexibility index (Phi) is 6.43. The molecule has 0 unspecified atom stereocenters. The van der Waals surface area contributed by atoms with E-state index >= 15 is 0 Å². The average Bonchev–Trinajstić information content (AvgIpc) is 3.57. The first-order chi connectivity index (χ1) is 17.5. The van der Waals surface area contributed by atoms with Crippen LogP contribution in [-0.2, 0) is 22.6 Å². The van der Waals surface area contributed by atoms with Crippen LogP contribution in [0.4, 0.5) is 0 Å². The summed E-state index contributed by atoms with van der Waals surface area (Å²) in [6, 6.07) is 13.1. The zero-order chi connectivity index (χ0) is 25.2. The van der Waals surface area contributed by atoms with Gasteiger partial charge in [-0.05, 0) is 55.4 Å². The summed E-state index contributed by atoms with van der Waals surface area (Å²) in [6.07, 6.45) is 8.81. The zero-order valence-electron chi connectivity index (χ0n) is 20.1. The minimum Gasteiger partial charge on any atom is -0.490 e. The largest absolute Gasteiger partial charge is 0.490 e. The van der Waals surface area contributed by atoms with Crippen molar-refractivity contribution < 1.29 is 19.1 Å². The van der Waals surface area contributed by atoms with Crippen molar-refractivity contribution in [3.05, 3.63) is 83.5 Å². The first-order valence-electron chi connectivity index (χ1n) is 12.2. The van der Waals surface area contributed by atoms with Crippen LogP contribution >= 0.6 is 0 Å². The molecule has 5 rings (SSSR count). The summed E-state index contributed by atoms with van der Waals surface area (Å²) in [5.74, 6) is 0.360. The van der Waals surface area contributed by atoms with Gasteiger partial charge in [0.15, 0.2) is 11.5 Å². The van der Waals surface area contributed by atoms with Crippen molar-refractivity contribution >= 4 is 18.0 Å². The number of amides is 2. The van der Waals surface area contributed by atoms with Crippen molar-refractivity contribution in [1.29, 1.82) is 5.26 Å². The van der Waals surface area contributed by atoms with Gasteiger partial charge in [0.2, 0.25) is 0 Å². The number of ether oxygens (including phenoxy) is 2. The van der Waals surface area contributed by atoms with E-state index in [9.17, 15) is 14.9 Å². The fraction of sp³-hybridized carbons (Fsp3) is 0.310. The molecular weight excluding hydrogens is 454 g/mol. The monoisotopic (exact) mass is 481 g/mol. The quantitative estimate of drug-likeness (QED) is 0.301. The third kappa shape index (κ3) is 4.09. The molecular formula is C29H27N3O4. The predicted molar refractivity (Wildman–Crippen MR) is 134 cm³/mol. The molecule has 2 aromatic carbocycles. The molecule has 0 radical (unpaired) electrons. The number of imide groups is 1. The maximum atomic E-state index is 13.0. The molecule has 182 valence electrons. The lowest BCUT2D eigenvalue weighted by atomic mass is 9.85. The van der Waals surface area contributed by atoms with E-state index < -0.39 is 0 Å². The van der Waals surface area contributed by atoms with Gasteiger partial charge in [0.1, 0.15) is 6.61 Å². The number of carbonyl (C=O) groups excluding carboxylic acids is 2. The molecule has 1 saturated carbocycles. The number of hydrogen-bond donors (Lipinski definition) is 0. The van der Waals surface area contributed by atoms with E-state index in [0.717, 1.165) is 22.6 Å². The number of hydrogen-bond acceptors (Lipinski definition) is 6. The number of nitrogens with zero attached hydrogens (tertiary/aromatic N) is 3. The molecule has 1 aliphatic heterocycles. The number of nitriles is 1. The molecule has 0 spiro atoms. The maximum Gasteiger partial charge on any atom is 0.254 e. The number of rotatable bonds is 9. The molecule has 2 fully saturated rings. The molecule has 0 N–H and O–H groups in total. The second-order valence-electron chi connectivity index (χ2n) is 9.22. The lowest BCUT2D eigenvalue weighted by Gasteiger charge is -2.17. The Morgan fingerprint density at radius 3 is 2.50 bits per heavy atom. The van der Waals surface area contributed by atoms with Crippen LogP contribution in [0.1, 0.15) is 35.6 Å². The number of carbonyl (C=O) groups is 2. The first-order valence-corrected chi connectivity index (χ1v) is 12.2. The van der Waals surface area contributed by atoms with E-state index in [1.165, 1.54) is 6.21 Å². The highest BCUT2D eigenvalue weighted by Crippen LogP contribution is 2.52. The molecule has 3 aliphatic rings. The van der Waals surface area contributed by atoms with Gasteiger partial charge in [-0.1, -0.05) is 36.4 Å². The van der Waals surface area contributed by atoms with Gasteiger partial charge in [-0.25, -0.2) is 0 Å². The smallest absolute Gasteiger partial charge is 0.254 e. The summed E-state index contributed by atoms with van der Waals surface area (Å²) in [5.41, 5.74) is 2.83. The Hall–Kier alpha value is -4.18. The zero-order valence-corrected chi connectivity index (χ0v) is 20.1. The van der Waals surface area contributed by atoms with Crippen molar-refractivity contribution in [3.8, 4) is 17.6 Å². The molecule has 2 bridgehead atoms. The van der Waals surface area contributed by atoms with Gasteiger partial charge in [-0.2, -0.15) is 15.4 Å². The SMILES string of the molecule is C=CCc1cc(C=NN2C(=O)[C@@H]3[C@H](C2=O)[C@H]2C=C[C@H]3C2)cc(OCC)c1OCc1ccccc1C#N. The standard InChI is InChI=1S/C29H27N3O4/c1-3-7-21-12-18(16-31-32-28(33)25-19-10-11-20(14-19)26(25)29(32)34)13-24(35-4-2)27(21)36-17-23-9-6-5-8-22(23)15-30/h3,5-6,8-13,16,19-20,25-26H,1,4,7,14,17H2,2H3/t19-,20-,25-,26+/m0/s1. The van der Waals surface area contributed by atoms with Gasteiger partial charge < -0.3 is 9.47 Å². The highest BCUT2D eigenvalue weighted by Gasteiger charge is 2.59. The summed E-state index contributed by atoms with van der Waals surface area (Å²) < 4.78 is 12.0.